The van der Waals surface area contributed by atoms with Crippen molar-refractivity contribution in [3.05, 3.63) is 34.2 Å². The van der Waals surface area contributed by atoms with E-state index in [1.165, 1.54) is 18.3 Å². The maximum Gasteiger partial charge on any atom is 0.252 e. The van der Waals surface area contributed by atoms with Crippen molar-refractivity contribution in [3.63, 3.8) is 0 Å². The molecule has 0 spiro atoms. The number of aromatic nitrogens is 1. The predicted molar refractivity (Wildman–Crippen MR) is 84.5 cm³/mol. The number of H-pyrrole nitrogens is 1. The van der Waals surface area contributed by atoms with E-state index in [4.69, 9.17) is 9.47 Å². The van der Waals surface area contributed by atoms with Gasteiger partial charge in [0.2, 0.25) is 5.56 Å². The lowest BCUT2D eigenvalue weighted by molar-refractivity contribution is 0.00166. The van der Waals surface area contributed by atoms with Crippen LogP contribution in [0.5, 0.6) is 0 Å². The van der Waals surface area contributed by atoms with Gasteiger partial charge in [-0.1, -0.05) is 0 Å². The monoisotopic (exact) mass is 321 g/mol. The predicted octanol–water partition coefficient (Wildman–Crippen LogP) is -0.158. The first-order valence-electron chi connectivity index (χ1n) is 8.10. The van der Waals surface area contributed by atoms with Gasteiger partial charge in [0.15, 0.2) is 0 Å². The summed E-state index contributed by atoms with van der Waals surface area (Å²) in [6.45, 7) is 5.35. The molecule has 0 radical (unpaired) electrons. The van der Waals surface area contributed by atoms with Gasteiger partial charge < -0.3 is 19.8 Å². The Balaban J connectivity index is 1.62. The highest BCUT2D eigenvalue weighted by molar-refractivity contribution is 5.93. The molecule has 2 saturated heterocycles. The second kappa shape index (κ2) is 7.72. The average molecular weight is 321 g/mol. The molecular weight excluding hydrogens is 298 g/mol. The zero-order valence-corrected chi connectivity index (χ0v) is 13.1. The van der Waals surface area contributed by atoms with Crippen molar-refractivity contribution >= 4 is 5.91 Å². The molecule has 1 aromatic rings. The van der Waals surface area contributed by atoms with Crippen LogP contribution < -0.4 is 10.9 Å². The van der Waals surface area contributed by atoms with Gasteiger partial charge >= 0.3 is 0 Å². The molecular formula is C16H23N3O4. The zero-order valence-electron chi connectivity index (χ0n) is 13.1. The second-order valence-electron chi connectivity index (χ2n) is 5.99. The summed E-state index contributed by atoms with van der Waals surface area (Å²) < 4.78 is 10.9. The maximum atomic E-state index is 12.3. The summed E-state index contributed by atoms with van der Waals surface area (Å²) in [5.74, 6) is 0.266. The highest BCUT2D eigenvalue weighted by Gasteiger charge is 2.31. The van der Waals surface area contributed by atoms with Gasteiger partial charge in [0.05, 0.1) is 25.4 Å². The zero-order chi connectivity index (χ0) is 16.1. The Bertz CT molecular complexity index is 556. The molecule has 0 aliphatic carbocycles. The van der Waals surface area contributed by atoms with E-state index >= 15 is 0 Å². The van der Waals surface area contributed by atoms with Crippen LogP contribution in [0.4, 0.5) is 0 Å². The van der Waals surface area contributed by atoms with Crippen molar-refractivity contribution in [2.45, 2.75) is 12.5 Å². The number of amides is 1. The molecule has 0 bridgehead atoms. The lowest BCUT2D eigenvalue weighted by Gasteiger charge is -2.37. The Hall–Kier alpha value is -1.70. The first-order valence-corrected chi connectivity index (χ1v) is 8.10. The molecule has 0 saturated carbocycles. The Labute approximate surface area is 135 Å². The number of morpholine rings is 1. The molecule has 7 heteroatoms. The Morgan fingerprint density at radius 1 is 1.30 bits per heavy atom. The number of hydrogen-bond donors (Lipinski definition) is 2. The van der Waals surface area contributed by atoms with E-state index in [0.29, 0.717) is 18.0 Å². The summed E-state index contributed by atoms with van der Waals surface area (Å²) in [7, 11) is 0. The van der Waals surface area contributed by atoms with Crippen molar-refractivity contribution < 1.29 is 14.3 Å². The largest absolute Gasteiger partial charge is 0.381 e. The number of carbonyl (C=O) groups is 1. The molecule has 3 rings (SSSR count). The fourth-order valence-electron chi connectivity index (χ4n) is 3.21. The van der Waals surface area contributed by atoms with Gasteiger partial charge in [-0.3, -0.25) is 14.5 Å². The first kappa shape index (κ1) is 16.2. The van der Waals surface area contributed by atoms with Crippen LogP contribution in [0.3, 0.4) is 0 Å². The van der Waals surface area contributed by atoms with Gasteiger partial charge in [-0.05, 0) is 12.5 Å². The van der Waals surface area contributed by atoms with Crippen LogP contribution in [-0.4, -0.2) is 67.9 Å². The Kier molecular flexibility index (Phi) is 5.43. The highest BCUT2D eigenvalue weighted by Crippen LogP contribution is 2.21. The van der Waals surface area contributed by atoms with E-state index in [-0.39, 0.29) is 17.5 Å². The average Bonchev–Trinajstić information content (AvgIpc) is 3.11. The fourth-order valence-corrected chi connectivity index (χ4v) is 3.21. The van der Waals surface area contributed by atoms with Crippen molar-refractivity contribution in [2.24, 2.45) is 5.92 Å². The number of nitrogens with one attached hydrogen (secondary N) is 2. The summed E-state index contributed by atoms with van der Waals surface area (Å²) >= 11 is 0. The van der Waals surface area contributed by atoms with E-state index < -0.39 is 0 Å². The van der Waals surface area contributed by atoms with Crippen molar-refractivity contribution in [2.75, 3.05) is 46.1 Å². The van der Waals surface area contributed by atoms with Gasteiger partial charge in [-0.15, -0.1) is 0 Å². The minimum atomic E-state index is -0.212. The Morgan fingerprint density at radius 3 is 2.78 bits per heavy atom. The van der Waals surface area contributed by atoms with Gasteiger partial charge in [-0.25, -0.2) is 0 Å². The van der Waals surface area contributed by atoms with E-state index in [9.17, 15) is 9.59 Å². The molecule has 0 unspecified atom stereocenters. The van der Waals surface area contributed by atoms with Gasteiger partial charge in [-0.2, -0.15) is 0 Å². The van der Waals surface area contributed by atoms with Crippen molar-refractivity contribution in [3.8, 4) is 0 Å². The van der Waals surface area contributed by atoms with Crippen molar-refractivity contribution in [1.29, 1.82) is 0 Å². The van der Waals surface area contributed by atoms with Crippen molar-refractivity contribution in [1.82, 2.24) is 15.2 Å². The van der Waals surface area contributed by atoms with Crippen LogP contribution in [0.1, 0.15) is 16.8 Å². The third kappa shape index (κ3) is 4.19. The minimum Gasteiger partial charge on any atom is -0.381 e. The maximum absolute atomic E-state index is 12.3. The molecule has 23 heavy (non-hydrogen) atoms. The quantitative estimate of drug-likeness (QED) is 0.787. The van der Waals surface area contributed by atoms with Crippen LogP contribution in [0, 0.1) is 5.92 Å². The lowest BCUT2D eigenvalue weighted by Crippen LogP contribution is -2.52. The number of nitrogens with zero attached hydrogens (tertiary/aromatic N) is 1. The van der Waals surface area contributed by atoms with Gasteiger partial charge in [0, 0.05) is 50.5 Å². The number of ether oxygens (including phenoxy) is 2. The van der Waals surface area contributed by atoms with Crippen LogP contribution >= 0.6 is 0 Å². The van der Waals surface area contributed by atoms with Gasteiger partial charge in [0.25, 0.3) is 5.91 Å². The van der Waals surface area contributed by atoms with Crippen LogP contribution in [-0.2, 0) is 9.47 Å². The molecule has 7 nitrogen and oxygen atoms in total. The van der Waals surface area contributed by atoms with Crippen LogP contribution in [0.25, 0.3) is 0 Å². The number of carbonyl (C=O) groups excluding carboxylic acids is 1. The Morgan fingerprint density at radius 2 is 2.13 bits per heavy atom. The first-order chi connectivity index (χ1) is 11.2. The smallest absolute Gasteiger partial charge is 0.252 e. The van der Waals surface area contributed by atoms with Crippen LogP contribution in [0.15, 0.2) is 23.1 Å². The molecule has 126 valence electrons. The summed E-state index contributed by atoms with van der Waals surface area (Å²) in [5.41, 5.74) is 0.254. The molecule has 3 heterocycles. The molecule has 0 aromatic carbocycles. The normalized spacial score (nSPS) is 23.6. The highest BCUT2D eigenvalue weighted by atomic mass is 16.5. The standard InChI is InChI=1S/C16H23N3O4/c20-15-2-1-12(9-17-15)16(21)18-10-14(13-3-6-23-11-13)19-4-7-22-8-5-19/h1-2,9,13-14H,3-8,10-11H2,(H,17,20)(H,18,21)/t13-,14+/m0/s1. The summed E-state index contributed by atoms with van der Waals surface area (Å²) in [6.07, 6.45) is 2.47. The molecule has 1 amide bonds. The summed E-state index contributed by atoms with van der Waals surface area (Å²) in [6, 6.07) is 3.16. The molecule has 2 atom stereocenters. The number of rotatable bonds is 5. The van der Waals surface area contributed by atoms with E-state index in [0.717, 1.165) is 45.9 Å². The van der Waals surface area contributed by atoms with E-state index in [1.54, 1.807) is 0 Å². The molecule has 1 aromatic heterocycles. The topological polar surface area (TPSA) is 83.7 Å². The number of hydrogen-bond acceptors (Lipinski definition) is 5. The SMILES string of the molecule is O=C(NC[C@H]([C@H]1CCOC1)N1CCOCC1)c1ccc(=O)[nH]c1. The van der Waals surface area contributed by atoms with Gasteiger partial charge in [0.1, 0.15) is 0 Å². The van der Waals surface area contributed by atoms with Crippen LogP contribution in [0.2, 0.25) is 0 Å². The number of aromatic amines is 1. The fraction of sp³-hybridized carbons (Fsp3) is 0.625. The molecule has 2 aliphatic rings. The third-order valence-corrected chi connectivity index (χ3v) is 4.54. The third-order valence-electron chi connectivity index (χ3n) is 4.54. The van der Waals surface area contributed by atoms with E-state index in [1.807, 2.05) is 0 Å². The summed E-state index contributed by atoms with van der Waals surface area (Å²) in [5, 5.41) is 2.99. The second-order valence-corrected chi connectivity index (χ2v) is 5.99. The molecule has 2 N–H and O–H groups in total. The molecule has 2 aliphatic heterocycles. The minimum absolute atomic E-state index is 0.168. The molecule has 2 fully saturated rings. The van der Waals surface area contributed by atoms with E-state index in [2.05, 4.69) is 15.2 Å². The lowest BCUT2D eigenvalue weighted by atomic mass is 9.96. The summed E-state index contributed by atoms with van der Waals surface area (Å²) in [4.78, 5) is 28.2. The number of pyridine rings is 1.